The van der Waals surface area contributed by atoms with E-state index in [0.29, 0.717) is 17.7 Å². The van der Waals surface area contributed by atoms with Gasteiger partial charge < -0.3 is 10.5 Å². The summed E-state index contributed by atoms with van der Waals surface area (Å²) in [5.41, 5.74) is 7.88. The summed E-state index contributed by atoms with van der Waals surface area (Å²) < 4.78 is 19.2. The van der Waals surface area contributed by atoms with Gasteiger partial charge in [-0.25, -0.2) is 4.39 Å². The third kappa shape index (κ3) is 4.88. The highest BCUT2D eigenvalue weighted by Gasteiger charge is 2.05. The highest BCUT2D eigenvalue weighted by atomic mass is 32.1. The van der Waals surface area contributed by atoms with E-state index in [4.69, 9.17) is 22.7 Å². The fourth-order valence-corrected chi connectivity index (χ4v) is 2.08. The van der Waals surface area contributed by atoms with Gasteiger partial charge in [0.15, 0.2) is 0 Å². The van der Waals surface area contributed by atoms with Gasteiger partial charge in [-0.3, -0.25) is 4.98 Å². The number of thiocarbonyl (C=S) groups is 1. The molecule has 0 spiro atoms. The Bertz CT molecular complexity index is 604. The maximum atomic E-state index is 13.6. The molecule has 0 bridgehead atoms. The lowest BCUT2D eigenvalue weighted by Gasteiger charge is -2.07. The van der Waals surface area contributed by atoms with Crippen LogP contribution in [0.3, 0.4) is 0 Å². The fraction of sp³-hybridized carbons (Fsp3) is 0.250. The number of nitrogens with zero attached hydrogens (tertiary/aromatic N) is 1. The number of aryl methyl sites for hydroxylation is 1. The Labute approximate surface area is 129 Å². The van der Waals surface area contributed by atoms with E-state index in [1.807, 2.05) is 12.1 Å². The predicted molar refractivity (Wildman–Crippen MR) is 84.5 cm³/mol. The van der Waals surface area contributed by atoms with Crippen molar-refractivity contribution in [3.05, 3.63) is 65.2 Å². The number of aromatic nitrogens is 1. The molecule has 0 saturated carbocycles. The Balaban J connectivity index is 1.78. The summed E-state index contributed by atoms with van der Waals surface area (Å²) in [5.74, 6) is -0.302. The summed E-state index contributed by atoms with van der Waals surface area (Å²) in [6, 6.07) is 8.53. The fourth-order valence-electron chi connectivity index (χ4n) is 1.95. The zero-order valence-corrected chi connectivity index (χ0v) is 12.4. The van der Waals surface area contributed by atoms with Crippen molar-refractivity contribution in [3.8, 4) is 0 Å². The zero-order chi connectivity index (χ0) is 15.1. The maximum Gasteiger partial charge on any atom is 0.128 e. The number of rotatable bonds is 7. The van der Waals surface area contributed by atoms with Gasteiger partial charge in [0.2, 0.25) is 0 Å². The van der Waals surface area contributed by atoms with Gasteiger partial charge in [0.1, 0.15) is 10.8 Å². The number of benzene rings is 1. The number of hydrogen-bond acceptors (Lipinski definition) is 3. The highest BCUT2D eigenvalue weighted by Crippen LogP contribution is 2.12. The van der Waals surface area contributed by atoms with Crippen LogP contribution in [0.5, 0.6) is 0 Å². The number of ether oxygens (including phenoxy) is 1. The molecule has 0 aliphatic carbocycles. The van der Waals surface area contributed by atoms with Crippen LogP contribution in [-0.4, -0.2) is 16.6 Å². The average Bonchev–Trinajstić information content (AvgIpc) is 2.49. The molecule has 110 valence electrons. The van der Waals surface area contributed by atoms with Crippen LogP contribution < -0.4 is 5.73 Å². The summed E-state index contributed by atoms with van der Waals surface area (Å²) in [4.78, 5) is 4.23. The number of pyridine rings is 1. The van der Waals surface area contributed by atoms with Crippen molar-refractivity contribution in [1.29, 1.82) is 0 Å². The lowest BCUT2D eigenvalue weighted by molar-refractivity contribution is 0.116. The molecular formula is C16H17FN2OS. The third-order valence-corrected chi connectivity index (χ3v) is 3.33. The SMILES string of the molecule is NC(=S)c1ccc(F)c(COCCCc2ccncc2)c1. The molecule has 0 amide bonds. The van der Waals surface area contributed by atoms with Crippen LogP contribution in [0, 0.1) is 5.82 Å². The predicted octanol–water partition coefficient (Wildman–Crippen LogP) is 3.00. The van der Waals surface area contributed by atoms with E-state index in [-0.39, 0.29) is 17.4 Å². The minimum Gasteiger partial charge on any atom is -0.389 e. The monoisotopic (exact) mass is 304 g/mol. The molecule has 0 radical (unpaired) electrons. The van der Waals surface area contributed by atoms with E-state index in [2.05, 4.69) is 4.98 Å². The van der Waals surface area contributed by atoms with E-state index in [1.54, 1.807) is 24.5 Å². The van der Waals surface area contributed by atoms with Gasteiger partial charge >= 0.3 is 0 Å². The molecule has 2 aromatic rings. The Morgan fingerprint density at radius 1 is 1.24 bits per heavy atom. The van der Waals surface area contributed by atoms with Crippen LogP contribution in [0.15, 0.2) is 42.7 Å². The molecule has 1 heterocycles. The van der Waals surface area contributed by atoms with Gasteiger partial charge in [-0.2, -0.15) is 0 Å². The standard InChI is InChI=1S/C16H17FN2OS/c17-15-4-3-13(16(18)21)10-14(15)11-20-9-1-2-12-5-7-19-8-6-12/h3-8,10H,1-2,9,11H2,(H2,18,21). The van der Waals surface area contributed by atoms with Crippen molar-refractivity contribution < 1.29 is 9.13 Å². The van der Waals surface area contributed by atoms with E-state index in [9.17, 15) is 4.39 Å². The molecule has 1 aromatic heterocycles. The van der Waals surface area contributed by atoms with Crippen molar-refractivity contribution in [2.75, 3.05) is 6.61 Å². The molecule has 5 heteroatoms. The van der Waals surface area contributed by atoms with Gasteiger partial charge in [0.05, 0.1) is 6.61 Å². The molecule has 21 heavy (non-hydrogen) atoms. The van der Waals surface area contributed by atoms with Gasteiger partial charge in [0.25, 0.3) is 0 Å². The van der Waals surface area contributed by atoms with Crippen molar-refractivity contribution in [3.63, 3.8) is 0 Å². The van der Waals surface area contributed by atoms with E-state index in [0.717, 1.165) is 12.8 Å². The summed E-state index contributed by atoms with van der Waals surface area (Å²) in [6.07, 6.45) is 5.33. The third-order valence-electron chi connectivity index (χ3n) is 3.09. The van der Waals surface area contributed by atoms with E-state index < -0.39 is 0 Å². The molecule has 1 aromatic carbocycles. The molecule has 0 atom stereocenters. The van der Waals surface area contributed by atoms with Gasteiger partial charge in [0, 0.05) is 30.1 Å². The Kier molecular flexibility index (Phi) is 5.78. The minimum absolute atomic E-state index is 0.221. The van der Waals surface area contributed by atoms with Gasteiger partial charge in [-0.15, -0.1) is 0 Å². The summed E-state index contributed by atoms with van der Waals surface area (Å²) in [5, 5.41) is 0. The summed E-state index contributed by atoms with van der Waals surface area (Å²) >= 11 is 4.88. The van der Waals surface area contributed by atoms with Crippen LogP contribution in [0.25, 0.3) is 0 Å². The number of hydrogen-bond donors (Lipinski definition) is 1. The van der Waals surface area contributed by atoms with Crippen molar-refractivity contribution in [2.24, 2.45) is 5.73 Å². The van der Waals surface area contributed by atoms with Crippen LogP contribution >= 0.6 is 12.2 Å². The second-order valence-electron chi connectivity index (χ2n) is 4.68. The summed E-state index contributed by atoms with van der Waals surface area (Å²) in [6.45, 7) is 0.789. The van der Waals surface area contributed by atoms with Crippen LogP contribution in [0.4, 0.5) is 4.39 Å². The van der Waals surface area contributed by atoms with E-state index >= 15 is 0 Å². The molecule has 3 nitrogen and oxygen atoms in total. The molecule has 2 rings (SSSR count). The van der Waals surface area contributed by atoms with Gasteiger partial charge in [-0.05, 0) is 48.7 Å². The molecule has 0 saturated heterocycles. The first-order valence-electron chi connectivity index (χ1n) is 6.71. The van der Waals surface area contributed by atoms with E-state index in [1.165, 1.54) is 11.6 Å². The van der Waals surface area contributed by atoms with Crippen LogP contribution in [0.1, 0.15) is 23.1 Å². The molecule has 0 unspecified atom stereocenters. The zero-order valence-electron chi connectivity index (χ0n) is 11.6. The Morgan fingerprint density at radius 2 is 2.00 bits per heavy atom. The van der Waals surface area contributed by atoms with Crippen LogP contribution in [-0.2, 0) is 17.8 Å². The average molecular weight is 304 g/mol. The Morgan fingerprint density at radius 3 is 2.71 bits per heavy atom. The smallest absolute Gasteiger partial charge is 0.128 e. The molecule has 0 aliphatic rings. The Hall–Kier alpha value is -1.85. The second-order valence-corrected chi connectivity index (χ2v) is 5.12. The number of halogens is 1. The summed E-state index contributed by atoms with van der Waals surface area (Å²) in [7, 11) is 0. The quantitative estimate of drug-likeness (QED) is 0.631. The van der Waals surface area contributed by atoms with Crippen molar-refractivity contribution >= 4 is 17.2 Å². The van der Waals surface area contributed by atoms with Crippen molar-refractivity contribution in [1.82, 2.24) is 4.98 Å². The molecular weight excluding hydrogens is 287 g/mol. The first-order chi connectivity index (χ1) is 10.2. The molecule has 0 fully saturated rings. The largest absolute Gasteiger partial charge is 0.389 e. The topological polar surface area (TPSA) is 48.1 Å². The maximum absolute atomic E-state index is 13.6. The minimum atomic E-state index is -0.302. The molecule has 2 N–H and O–H groups in total. The van der Waals surface area contributed by atoms with Crippen molar-refractivity contribution in [2.45, 2.75) is 19.4 Å². The normalized spacial score (nSPS) is 10.5. The first-order valence-corrected chi connectivity index (χ1v) is 7.12. The lowest BCUT2D eigenvalue weighted by atomic mass is 10.1. The number of nitrogens with two attached hydrogens (primary N) is 1. The lowest BCUT2D eigenvalue weighted by Crippen LogP contribution is -2.10. The highest BCUT2D eigenvalue weighted by molar-refractivity contribution is 7.80. The van der Waals surface area contributed by atoms with Crippen LogP contribution in [0.2, 0.25) is 0 Å². The second kappa shape index (κ2) is 7.81. The first kappa shape index (κ1) is 15.5. The van der Waals surface area contributed by atoms with Gasteiger partial charge in [-0.1, -0.05) is 12.2 Å². The molecule has 0 aliphatic heterocycles.